The summed E-state index contributed by atoms with van der Waals surface area (Å²) in [5, 5.41) is 0. The first kappa shape index (κ1) is 14.9. The molecule has 0 bridgehead atoms. The third-order valence-electron chi connectivity index (χ3n) is 3.47. The molecule has 1 aromatic carbocycles. The first-order chi connectivity index (χ1) is 10.7. The molecule has 3 rings (SSSR count). The van der Waals surface area contributed by atoms with E-state index in [9.17, 15) is 4.79 Å². The SMILES string of the molecule is NCC1CC(=O)N(c2cccc(Oc3ncc(Br)cn3)c2)C1. The number of nitrogens with zero attached hydrogens (tertiary/aromatic N) is 3. The first-order valence-electron chi connectivity index (χ1n) is 6.91. The van der Waals surface area contributed by atoms with Gasteiger partial charge in [0.25, 0.3) is 0 Å². The Bertz CT molecular complexity index is 677. The minimum Gasteiger partial charge on any atom is -0.424 e. The van der Waals surface area contributed by atoms with Crippen LogP contribution in [0.15, 0.2) is 41.1 Å². The van der Waals surface area contributed by atoms with Crippen LogP contribution in [0.1, 0.15) is 6.42 Å². The lowest BCUT2D eigenvalue weighted by atomic mass is 10.1. The lowest BCUT2D eigenvalue weighted by Gasteiger charge is -2.17. The third kappa shape index (κ3) is 3.26. The number of aromatic nitrogens is 2. The van der Waals surface area contributed by atoms with Gasteiger partial charge in [-0.2, -0.15) is 0 Å². The Morgan fingerprint density at radius 1 is 1.36 bits per heavy atom. The smallest absolute Gasteiger partial charge is 0.321 e. The van der Waals surface area contributed by atoms with Crippen LogP contribution in [0.4, 0.5) is 5.69 Å². The summed E-state index contributed by atoms with van der Waals surface area (Å²) in [7, 11) is 0. The van der Waals surface area contributed by atoms with Crippen LogP contribution in [0.2, 0.25) is 0 Å². The second-order valence-electron chi connectivity index (χ2n) is 5.09. The maximum absolute atomic E-state index is 12.1. The third-order valence-corrected chi connectivity index (χ3v) is 3.88. The highest BCUT2D eigenvalue weighted by Gasteiger charge is 2.29. The van der Waals surface area contributed by atoms with Gasteiger partial charge in [-0.05, 0) is 40.5 Å². The van der Waals surface area contributed by atoms with Crippen molar-refractivity contribution in [3.8, 4) is 11.8 Å². The second-order valence-corrected chi connectivity index (χ2v) is 6.01. The average molecular weight is 363 g/mol. The normalized spacial score (nSPS) is 17.8. The zero-order chi connectivity index (χ0) is 15.5. The summed E-state index contributed by atoms with van der Waals surface area (Å²) in [5.41, 5.74) is 6.46. The Labute approximate surface area is 136 Å². The van der Waals surface area contributed by atoms with Crippen molar-refractivity contribution in [3.63, 3.8) is 0 Å². The van der Waals surface area contributed by atoms with Crippen molar-refractivity contribution in [2.75, 3.05) is 18.0 Å². The molecule has 6 nitrogen and oxygen atoms in total. The number of halogens is 1. The van der Waals surface area contributed by atoms with Crippen molar-refractivity contribution in [2.45, 2.75) is 6.42 Å². The van der Waals surface area contributed by atoms with E-state index >= 15 is 0 Å². The summed E-state index contributed by atoms with van der Waals surface area (Å²) in [6, 6.07) is 7.59. The number of benzene rings is 1. The molecule has 1 saturated heterocycles. The van der Waals surface area contributed by atoms with Gasteiger partial charge in [0.15, 0.2) is 0 Å². The molecule has 2 aromatic rings. The summed E-state index contributed by atoms with van der Waals surface area (Å²) in [6.07, 6.45) is 3.72. The minimum absolute atomic E-state index is 0.0903. The summed E-state index contributed by atoms with van der Waals surface area (Å²) < 4.78 is 6.40. The molecule has 1 aromatic heterocycles. The van der Waals surface area contributed by atoms with Crippen molar-refractivity contribution >= 4 is 27.5 Å². The summed E-state index contributed by atoms with van der Waals surface area (Å²) >= 11 is 3.27. The van der Waals surface area contributed by atoms with Gasteiger partial charge in [0.05, 0.1) is 4.47 Å². The lowest BCUT2D eigenvalue weighted by molar-refractivity contribution is -0.117. The Morgan fingerprint density at radius 2 is 2.14 bits per heavy atom. The highest BCUT2D eigenvalue weighted by molar-refractivity contribution is 9.10. The predicted molar refractivity (Wildman–Crippen MR) is 85.8 cm³/mol. The molecule has 0 spiro atoms. The largest absolute Gasteiger partial charge is 0.424 e. The molecule has 1 aliphatic rings. The second kappa shape index (κ2) is 6.41. The van der Waals surface area contributed by atoms with Crippen molar-refractivity contribution in [3.05, 3.63) is 41.1 Å². The quantitative estimate of drug-likeness (QED) is 0.902. The molecule has 1 atom stereocenters. The Kier molecular flexibility index (Phi) is 4.35. The van der Waals surface area contributed by atoms with Gasteiger partial charge in [0.1, 0.15) is 5.75 Å². The average Bonchev–Trinajstić information content (AvgIpc) is 2.91. The van der Waals surface area contributed by atoms with E-state index in [1.807, 2.05) is 18.2 Å². The summed E-state index contributed by atoms with van der Waals surface area (Å²) in [5.74, 6) is 0.892. The number of rotatable bonds is 4. The van der Waals surface area contributed by atoms with Crippen LogP contribution in [-0.4, -0.2) is 29.0 Å². The zero-order valence-corrected chi connectivity index (χ0v) is 13.4. The molecule has 1 aliphatic heterocycles. The van der Waals surface area contributed by atoms with E-state index in [1.54, 1.807) is 23.4 Å². The van der Waals surface area contributed by atoms with Crippen LogP contribution >= 0.6 is 15.9 Å². The van der Waals surface area contributed by atoms with E-state index in [0.29, 0.717) is 25.3 Å². The zero-order valence-electron chi connectivity index (χ0n) is 11.8. The van der Waals surface area contributed by atoms with Crippen LogP contribution in [-0.2, 0) is 4.79 Å². The van der Waals surface area contributed by atoms with Gasteiger partial charge in [-0.15, -0.1) is 0 Å². The Hall–Kier alpha value is -1.99. The standard InChI is InChI=1S/C15H15BrN4O2/c16-11-7-18-15(19-8-11)22-13-3-1-2-12(5-13)20-9-10(6-17)4-14(20)21/h1-3,5,7-8,10H,4,6,9,17H2. The molecular formula is C15H15BrN4O2. The van der Waals surface area contributed by atoms with Gasteiger partial charge in [0.2, 0.25) is 5.91 Å². The van der Waals surface area contributed by atoms with Gasteiger partial charge >= 0.3 is 6.01 Å². The van der Waals surface area contributed by atoms with Crippen LogP contribution in [0.25, 0.3) is 0 Å². The van der Waals surface area contributed by atoms with Crippen molar-refractivity contribution in [1.82, 2.24) is 9.97 Å². The van der Waals surface area contributed by atoms with Crippen LogP contribution in [0.3, 0.4) is 0 Å². The van der Waals surface area contributed by atoms with Crippen LogP contribution in [0, 0.1) is 5.92 Å². The molecule has 0 saturated carbocycles. The van der Waals surface area contributed by atoms with Gasteiger partial charge in [0, 0.05) is 37.1 Å². The molecule has 1 fully saturated rings. The first-order valence-corrected chi connectivity index (χ1v) is 7.71. The minimum atomic E-state index is 0.0903. The molecule has 2 N–H and O–H groups in total. The van der Waals surface area contributed by atoms with Crippen LogP contribution < -0.4 is 15.4 Å². The number of hydrogen-bond acceptors (Lipinski definition) is 5. The fourth-order valence-corrected chi connectivity index (χ4v) is 2.57. The number of carbonyl (C=O) groups is 1. The molecule has 22 heavy (non-hydrogen) atoms. The molecular weight excluding hydrogens is 348 g/mol. The van der Waals surface area contributed by atoms with Crippen LogP contribution in [0.5, 0.6) is 11.8 Å². The molecule has 0 aliphatic carbocycles. The maximum atomic E-state index is 12.1. The van der Waals surface area contributed by atoms with Gasteiger partial charge in [-0.25, -0.2) is 9.97 Å². The number of carbonyl (C=O) groups excluding carboxylic acids is 1. The fraction of sp³-hybridized carbons (Fsp3) is 0.267. The molecule has 2 heterocycles. The van der Waals surface area contributed by atoms with E-state index in [-0.39, 0.29) is 17.8 Å². The summed E-state index contributed by atoms with van der Waals surface area (Å²) in [4.78, 5) is 21.9. The molecule has 1 unspecified atom stereocenters. The van der Waals surface area contributed by atoms with E-state index < -0.39 is 0 Å². The van der Waals surface area contributed by atoms with Gasteiger partial charge < -0.3 is 15.4 Å². The van der Waals surface area contributed by atoms with Crippen molar-refractivity contribution in [1.29, 1.82) is 0 Å². The van der Waals surface area contributed by atoms with E-state index in [4.69, 9.17) is 10.5 Å². The van der Waals surface area contributed by atoms with Crippen molar-refractivity contribution < 1.29 is 9.53 Å². The van der Waals surface area contributed by atoms with Gasteiger partial charge in [-0.1, -0.05) is 6.07 Å². The molecule has 114 valence electrons. The van der Waals surface area contributed by atoms with E-state index in [0.717, 1.165) is 10.2 Å². The molecule has 0 radical (unpaired) electrons. The topological polar surface area (TPSA) is 81.3 Å². The predicted octanol–water partition coefficient (Wildman–Crippen LogP) is 2.34. The number of anilines is 1. The van der Waals surface area contributed by atoms with Gasteiger partial charge in [-0.3, -0.25) is 4.79 Å². The maximum Gasteiger partial charge on any atom is 0.321 e. The Morgan fingerprint density at radius 3 is 2.82 bits per heavy atom. The highest BCUT2D eigenvalue weighted by Crippen LogP contribution is 2.29. The number of hydrogen-bond donors (Lipinski definition) is 1. The monoisotopic (exact) mass is 362 g/mol. The number of nitrogens with two attached hydrogens (primary N) is 1. The number of amides is 1. The molecule has 1 amide bonds. The number of ether oxygens (including phenoxy) is 1. The summed E-state index contributed by atoms with van der Waals surface area (Å²) in [6.45, 7) is 1.17. The Balaban J connectivity index is 1.78. The fourth-order valence-electron chi connectivity index (χ4n) is 2.36. The van der Waals surface area contributed by atoms with E-state index in [2.05, 4.69) is 25.9 Å². The van der Waals surface area contributed by atoms with Crippen molar-refractivity contribution in [2.24, 2.45) is 11.7 Å². The van der Waals surface area contributed by atoms with E-state index in [1.165, 1.54) is 0 Å². The molecule has 7 heteroatoms. The lowest BCUT2D eigenvalue weighted by Crippen LogP contribution is -2.25. The highest BCUT2D eigenvalue weighted by atomic mass is 79.9.